The van der Waals surface area contributed by atoms with Crippen molar-refractivity contribution >= 4 is 39.4 Å². The van der Waals surface area contributed by atoms with Crippen LogP contribution in [0.4, 0.5) is 20.8 Å². The molecule has 7 heteroatoms. The predicted octanol–water partition coefficient (Wildman–Crippen LogP) is 6.14. The van der Waals surface area contributed by atoms with E-state index in [-0.39, 0.29) is 5.82 Å². The predicted molar refractivity (Wildman–Crippen MR) is 112 cm³/mol. The van der Waals surface area contributed by atoms with Gasteiger partial charge in [0, 0.05) is 19.8 Å². The summed E-state index contributed by atoms with van der Waals surface area (Å²) in [6.45, 7) is 1.82. The third kappa shape index (κ3) is 4.67. The smallest absolute Gasteiger partial charge is 0.162 e. The van der Waals surface area contributed by atoms with E-state index in [0.29, 0.717) is 27.0 Å². The molecule has 5 nitrogen and oxygen atoms in total. The standard InChI is InChI=1S/C21H18FN5S/c1-14-20(26-25-18-8-6-17(22)7-9-18)28-21(24-14)16(13-23)12-15-4-10-19(11-5-15)27(2)3/h4-12H,1-3H3/b16-12+,26-25?. The van der Waals surface area contributed by atoms with Gasteiger partial charge in [-0.05, 0) is 55.0 Å². The Balaban J connectivity index is 1.85. The van der Waals surface area contributed by atoms with Gasteiger partial charge in [-0.2, -0.15) is 5.26 Å². The zero-order valence-corrected chi connectivity index (χ0v) is 16.5. The Hall–Kier alpha value is -3.37. The maximum absolute atomic E-state index is 13.0. The molecule has 2 aromatic carbocycles. The van der Waals surface area contributed by atoms with Crippen LogP contribution >= 0.6 is 11.3 Å². The molecular weight excluding hydrogens is 373 g/mol. The minimum Gasteiger partial charge on any atom is -0.378 e. The number of halogens is 1. The Morgan fingerprint density at radius 2 is 1.79 bits per heavy atom. The largest absolute Gasteiger partial charge is 0.378 e. The summed E-state index contributed by atoms with van der Waals surface area (Å²) in [7, 11) is 3.96. The van der Waals surface area contributed by atoms with Crippen LogP contribution in [0.2, 0.25) is 0 Å². The van der Waals surface area contributed by atoms with E-state index in [2.05, 4.69) is 21.3 Å². The number of rotatable bonds is 5. The van der Waals surface area contributed by atoms with Gasteiger partial charge in [-0.3, -0.25) is 0 Å². The third-order valence-electron chi connectivity index (χ3n) is 3.93. The number of anilines is 1. The molecule has 140 valence electrons. The van der Waals surface area contributed by atoms with Crippen molar-refractivity contribution in [3.63, 3.8) is 0 Å². The molecule has 0 bridgehead atoms. The summed E-state index contributed by atoms with van der Waals surface area (Å²) >= 11 is 1.30. The maximum Gasteiger partial charge on any atom is 0.162 e. The van der Waals surface area contributed by atoms with Crippen molar-refractivity contribution in [1.29, 1.82) is 5.26 Å². The molecule has 3 aromatic rings. The SMILES string of the molecule is Cc1nc(/C(C#N)=C/c2ccc(N(C)C)cc2)sc1N=Nc1ccc(F)cc1. The monoisotopic (exact) mass is 391 g/mol. The van der Waals surface area contributed by atoms with Crippen LogP contribution in [-0.2, 0) is 0 Å². The lowest BCUT2D eigenvalue weighted by Gasteiger charge is -2.11. The van der Waals surface area contributed by atoms with Crippen molar-refractivity contribution in [2.45, 2.75) is 6.92 Å². The normalized spacial score (nSPS) is 11.6. The van der Waals surface area contributed by atoms with E-state index in [4.69, 9.17) is 0 Å². The zero-order chi connectivity index (χ0) is 20.1. The zero-order valence-electron chi connectivity index (χ0n) is 15.7. The molecule has 0 spiro atoms. The average Bonchev–Trinajstić information content (AvgIpc) is 3.06. The van der Waals surface area contributed by atoms with Crippen LogP contribution in [0.3, 0.4) is 0 Å². The van der Waals surface area contributed by atoms with E-state index < -0.39 is 0 Å². The Bertz CT molecular complexity index is 1060. The van der Waals surface area contributed by atoms with Gasteiger partial charge in [-0.15, -0.1) is 10.2 Å². The Morgan fingerprint density at radius 3 is 2.39 bits per heavy atom. The Kier molecular flexibility index (Phi) is 5.92. The lowest BCUT2D eigenvalue weighted by molar-refractivity contribution is 0.628. The summed E-state index contributed by atoms with van der Waals surface area (Å²) in [4.78, 5) is 6.47. The molecule has 3 rings (SSSR count). The van der Waals surface area contributed by atoms with Gasteiger partial charge in [-0.25, -0.2) is 9.37 Å². The van der Waals surface area contributed by atoms with Gasteiger partial charge in [-0.1, -0.05) is 23.5 Å². The van der Waals surface area contributed by atoms with Crippen LogP contribution in [-0.4, -0.2) is 19.1 Å². The second-order valence-electron chi connectivity index (χ2n) is 6.24. The van der Waals surface area contributed by atoms with Crippen LogP contribution in [0.1, 0.15) is 16.3 Å². The van der Waals surface area contributed by atoms with Gasteiger partial charge in [0.25, 0.3) is 0 Å². The number of hydrogen-bond donors (Lipinski definition) is 0. The highest BCUT2D eigenvalue weighted by molar-refractivity contribution is 7.16. The summed E-state index contributed by atoms with van der Waals surface area (Å²) in [6.07, 6.45) is 1.80. The second-order valence-corrected chi connectivity index (χ2v) is 7.22. The van der Waals surface area contributed by atoms with E-state index >= 15 is 0 Å². The first-order chi connectivity index (χ1) is 13.5. The van der Waals surface area contributed by atoms with Crippen LogP contribution in [0, 0.1) is 24.1 Å². The molecule has 0 radical (unpaired) electrons. The third-order valence-corrected chi connectivity index (χ3v) is 5.00. The fourth-order valence-electron chi connectivity index (χ4n) is 2.38. The summed E-state index contributed by atoms with van der Waals surface area (Å²) < 4.78 is 13.0. The number of nitriles is 1. The highest BCUT2D eigenvalue weighted by Crippen LogP contribution is 2.33. The molecular formula is C21H18FN5S. The number of nitrogens with zero attached hydrogens (tertiary/aromatic N) is 5. The number of thiazole rings is 1. The molecule has 0 saturated heterocycles. The average molecular weight is 391 g/mol. The van der Waals surface area contributed by atoms with E-state index in [1.165, 1.54) is 23.5 Å². The quantitative estimate of drug-likeness (QED) is 0.388. The number of benzene rings is 2. The topological polar surface area (TPSA) is 64.6 Å². The van der Waals surface area contributed by atoms with Gasteiger partial charge in [0.05, 0.1) is 17.0 Å². The van der Waals surface area contributed by atoms with E-state index in [9.17, 15) is 9.65 Å². The highest BCUT2D eigenvalue weighted by Gasteiger charge is 2.11. The van der Waals surface area contributed by atoms with Crippen molar-refractivity contribution in [3.8, 4) is 6.07 Å². The van der Waals surface area contributed by atoms with Crippen molar-refractivity contribution < 1.29 is 4.39 Å². The van der Waals surface area contributed by atoms with Crippen molar-refractivity contribution in [2.75, 3.05) is 19.0 Å². The van der Waals surface area contributed by atoms with Crippen LogP contribution in [0.15, 0.2) is 58.8 Å². The van der Waals surface area contributed by atoms with Crippen LogP contribution in [0.25, 0.3) is 11.6 Å². The highest BCUT2D eigenvalue weighted by atomic mass is 32.1. The molecule has 0 aliphatic heterocycles. The van der Waals surface area contributed by atoms with Gasteiger partial charge in [0.2, 0.25) is 0 Å². The van der Waals surface area contributed by atoms with E-state index in [1.807, 2.05) is 50.2 Å². The minimum atomic E-state index is -0.322. The molecule has 0 amide bonds. The number of aromatic nitrogens is 1. The van der Waals surface area contributed by atoms with Crippen molar-refractivity contribution in [1.82, 2.24) is 4.98 Å². The number of hydrogen-bond acceptors (Lipinski definition) is 6. The number of allylic oxidation sites excluding steroid dienone is 1. The molecule has 0 aliphatic carbocycles. The molecule has 0 saturated carbocycles. The molecule has 0 unspecified atom stereocenters. The Labute approximate surface area is 167 Å². The molecule has 1 heterocycles. The summed E-state index contributed by atoms with van der Waals surface area (Å²) in [5, 5.41) is 19.1. The van der Waals surface area contributed by atoms with Crippen LogP contribution < -0.4 is 4.90 Å². The lowest BCUT2D eigenvalue weighted by atomic mass is 10.1. The number of aryl methyl sites for hydroxylation is 1. The fourth-order valence-corrected chi connectivity index (χ4v) is 3.24. The van der Waals surface area contributed by atoms with Gasteiger partial charge < -0.3 is 4.90 Å². The van der Waals surface area contributed by atoms with Crippen molar-refractivity contribution in [2.24, 2.45) is 10.2 Å². The van der Waals surface area contributed by atoms with Crippen molar-refractivity contribution in [3.05, 3.63) is 70.6 Å². The molecule has 0 N–H and O–H groups in total. The van der Waals surface area contributed by atoms with Gasteiger partial charge in [0.1, 0.15) is 16.9 Å². The lowest BCUT2D eigenvalue weighted by Crippen LogP contribution is -2.07. The first-order valence-electron chi connectivity index (χ1n) is 8.50. The first kappa shape index (κ1) is 19.4. The maximum atomic E-state index is 13.0. The summed E-state index contributed by atoms with van der Waals surface area (Å²) in [5.74, 6) is -0.322. The molecule has 0 aliphatic rings. The van der Waals surface area contributed by atoms with Crippen LogP contribution in [0.5, 0.6) is 0 Å². The molecule has 0 fully saturated rings. The second kappa shape index (κ2) is 8.55. The van der Waals surface area contributed by atoms with E-state index in [0.717, 1.165) is 11.3 Å². The molecule has 28 heavy (non-hydrogen) atoms. The molecule has 1 aromatic heterocycles. The molecule has 0 atom stereocenters. The minimum absolute atomic E-state index is 0.322. The van der Waals surface area contributed by atoms with Gasteiger partial charge in [0.15, 0.2) is 5.00 Å². The number of azo groups is 1. The van der Waals surface area contributed by atoms with Gasteiger partial charge >= 0.3 is 0 Å². The Morgan fingerprint density at radius 1 is 1.11 bits per heavy atom. The summed E-state index contributed by atoms with van der Waals surface area (Å²) in [6, 6.07) is 15.9. The fraction of sp³-hybridized carbons (Fsp3) is 0.143. The first-order valence-corrected chi connectivity index (χ1v) is 9.32. The van der Waals surface area contributed by atoms with E-state index in [1.54, 1.807) is 18.2 Å². The summed E-state index contributed by atoms with van der Waals surface area (Å²) in [5.41, 5.74) is 3.71.